The fourth-order valence-electron chi connectivity index (χ4n) is 4.13. The second-order valence-corrected chi connectivity index (χ2v) is 11.9. The van der Waals surface area contributed by atoms with E-state index in [4.69, 9.17) is 11.6 Å². The van der Waals surface area contributed by atoms with Gasteiger partial charge in [-0.25, -0.2) is 8.42 Å². The molecule has 0 saturated carbocycles. The number of carbonyl (C=O) groups excluding carboxylic acids is 2. The lowest BCUT2D eigenvalue weighted by Crippen LogP contribution is -2.51. The van der Waals surface area contributed by atoms with Gasteiger partial charge < -0.3 is 10.2 Å². The van der Waals surface area contributed by atoms with Crippen molar-refractivity contribution in [2.24, 2.45) is 0 Å². The lowest BCUT2D eigenvalue weighted by molar-refractivity contribution is -0.139. The summed E-state index contributed by atoms with van der Waals surface area (Å²) in [5.41, 5.74) is 2.75. The van der Waals surface area contributed by atoms with Crippen LogP contribution in [0.2, 0.25) is 5.02 Å². The van der Waals surface area contributed by atoms with Crippen molar-refractivity contribution in [2.75, 3.05) is 17.4 Å². The van der Waals surface area contributed by atoms with E-state index in [2.05, 4.69) is 5.32 Å². The number of nitrogens with zero attached hydrogens (tertiary/aromatic N) is 2. The zero-order valence-electron chi connectivity index (χ0n) is 22.9. The van der Waals surface area contributed by atoms with Gasteiger partial charge in [0, 0.05) is 18.1 Å². The lowest BCUT2D eigenvalue weighted by Gasteiger charge is -2.32. The van der Waals surface area contributed by atoms with Crippen LogP contribution in [0, 0.1) is 13.8 Å². The van der Waals surface area contributed by atoms with E-state index in [1.54, 1.807) is 55.5 Å². The summed E-state index contributed by atoms with van der Waals surface area (Å²) in [5.74, 6) is -0.793. The van der Waals surface area contributed by atoms with Crippen molar-refractivity contribution in [1.29, 1.82) is 0 Å². The summed E-state index contributed by atoms with van der Waals surface area (Å²) in [6.45, 7) is 7.51. The summed E-state index contributed by atoms with van der Waals surface area (Å²) in [5, 5.41) is 3.44. The van der Waals surface area contributed by atoms with Gasteiger partial charge >= 0.3 is 0 Å². The number of amides is 2. The molecule has 39 heavy (non-hydrogen) atoms. The SMILES string of the molecule is CCCCNC(=O)C(C)N(Cc1ccc(Cl)cc1)C(=O)CN(c1cc(C)ccc1C)S(=O)(=O)c1ccccc1. The topological polar surface area (TPSA) is 86.8 Å². The Bertz CT molecular complexity index is 1380. The number of hydrogen-bond acceptors (Lipinski definition) is 4. The Labute approximate surface area is 236 Å². The summed E-state index contributed by atoms with van der Waals surface area (Å²) in [6.07, 6.45) is 1.74. The fourth-order valence-corrected chi connectivity index (χ4v) is 5.74. The molecule has 2 amide bonds. The van der Waals surface area contributed by atoms with Crippen molar-refractivity contribution in [1.82, 2.24) is 10.2 Å². The Morgan fingerprint density at radius 3 is 2.28 bits per heavy atom. The minimum atomic E-state index is -4.10. The molecule has 9 heteroatoms. The normalized spacial score (nSPS) is 12.0. The fraction of sp³-hybridized carbons (Fsp3) is 0.333. The van der Waals surface area contributed by atoms with E-state index in [-0.39, 0.29) is 17.3 Å². The van der Waals surface area contributed by atoms with Crippen molar-refractivity contribution >= 4 is 39.1 Å². The molecule has 1 N–H and O–H groups in total. The largest absolute Gasteiger partial charge is 0.354 e. The smallest absolute Gasteiger partial charge is 0.264 e. The predicted octanol–water partition coefficient (Wildman–Crippen LogP) is 5.49. The third-order valence-corrected chi connectivity index (χ3v) is 8.53. The van der Waals surface area contributed by atoms with Gasteiger partial charge in [0.1, 0.15) is 12.6 Å². The molecule has 1 unspecified atom stereocenters. The van der Waals surface area contributed by atoms with Gasteiger partial charge in [0.2, 0.25) is 11.8 Å². The van der Waals surface area contributed by atoms with Crippen LogP contribution in [0.15, 0.2) is 77.7 Å². The molecule has 0 fully saturated rings. The molecule has 3 rings (SSSR count). The molecule has 3 aromatic carbocycles. The van der Waals surface area contributed by atoms with Crippen LogP contribution in [-0.2, 0) is 26.2 Å². The van der Waals surface area contributed by atoms with Gasteiger partial charge in [0.05, 0.1) is 10.6 Å². The molecule has 208 valence electrons. The molecule has 7 nitrogen and oxygen atoms in total. The van der Waals surface area contributed by atoms with Crippen molar-refractivity contribution in [3.05, 3.63) is 94.5 Å². The number of unbranched alkanes of at least 4 members (excludes halogenated alkanes) is 1. The second-order valence-electron chi connectivity index (χ2n) is 9.58. The first-order valence-electron chi connectivity index (χ1n) is 13.0. The van der Waals surface area contributed by atoms with Gasteiger partial charge in [0.15, 0.2) is 0 Å². The van der Waals surface area contributed by atoms with E-state index in [0.29, 0.717) is 22.8 Å². The molecular weight excluding hydrogens is 534 g/mol. The summed E-state index contributed by atoms with van der Waals surface area (Å²) in [6, 6.07) is 19.7. The van der Waals surface area contributed by atoms with E-state index in [9.17, 15) is 18.0 Å². The van der Waals surface area contributed by atoms with Gasteiger partial charge in [0.25, 0.3) is 10.0 Å². The molecule has 0 aliphatic rings. The molecule has 0 aliphatic heterocycles. The lowest BCUT2D eigenvalue weighted by atomic mass is 10.1. The van der Waals surface area contributed by atoms with Crippen LogP contribution in [0.5, 0.6) is 0 Å². The number of anilines is 1. The molecular formula is C30H36ClN3O4S. The standard InChI is InChI=1S/C30H36ClN3O4S/c1-5-6-18-32-30(36)24(4)33(20-25-14-16-26(31)17-15-25)29(35)21-34(28-19-22(2)12-13-23(28)3)39(37,38)27-10-8-7-9-11-27/h7-17,19,24H,5-6,18,20-21H2,1-4H3,(H,32,36). The minimum Gasteiger partial charge on any atom is -0.354 e. The van der Waals surface area contributed by atoms with Crippen LogP contribution in [0.4, 0.5) is 5.69 Å². The first kappa shape index (κ1) is 30.2. The van der Waals surface area contributed by atoms with Crippen LogP contribution >= 0.6 is 11.6 Å². The molecule has 0 radical (unpaired) electrons. The van der Waals surface area contributed by atoms with Gasteiger partial charge in [-0.3, -0.25) is 13.9 Å². The highest BCUT2D eigenvalue weighted by molar-refractivity contribution is 7.92. The molecule has 0 spiro atoms. The van der Waals surface area contributed by atoms with Crippen LogP contribution in [0.3, 0.4) is 0 Å². The van der Waals surface area contributed by atoms with E-state index >= 15 is 0 Å². The quantitative estimate of drug-likeness (QED) is 0.292. The highest BCUT2D eigenvalue weighted by Gasteiger charge is 2.33. The molecule has 0 aromatic heterocycles. The maximum absolute atomic E-state index is 14.0. The number of nitrogens with one attached hydrogen (secondary N) is 1. The second kappa shape index (κ2) is 13.6. The highest BCUT2D eigenvalue weighted by atomic mass is 35.5. The average Bonchev–Trinajstić information content (AvgIpc) is 2.92. The first-order valence-corrected chi connectivity index (χ1v) is 14.8. The van der Waals surface area contributed by atoms with Crippen LogP contribution < -0.4 is 9.62 Å². The number of carbonyl (C=O) groups is 2. The summed E-state index contributed by atoms with van der Waals surface area (Å²) in [4.78, 5) is 28.5. The molecule has 0 aliphatic carbocycles. The number of hydrogen-bond donors (Lipinski definition) is 1. The maximum Gasteiger partial charge on any atom is 0.264 e. The summed E-state index contributed by atoms with van der Waals surface area (Å²) >= 11 is 6.05. The average molecular weight is 570 g/mol. The van der Waals surface area contributed by atoms with Crippen molar-refractivity contribution in [3.63, 3.8) is 0 Å². The van der Waals surface area contributed by atoms with Crippen molar-refractivity contribution in [3.8, 4) is 0 Å². The van der Waals surface area contributed by atoms with Crippen LogP contribution in [0.25, 0.3) is 0 Å². The highest BCUT2D eigenvalue weighted by Crippen LogP contribution is 2.28. The van der Waals surface area contributed by atoms with Gasteiger partial charge in [-0.05, 0) is 74.2 Å². The van der Waals surface area contributed by atoms with Gasteiger partial charge in [-0.15, -0.1) is 0 Å². The predicted molar refractivity (Wildman–Crippen MR) is 156 cm³/mol. The van der Waals surface area contributed by atoms with Crippen LogP contribution in [0.1, 0.15) is 43.4 Å². The Kier molecular flexibility index (Phi) is 10.5. The number of halogens is 1. The van der Waals surface area contributed by atoms with E-state index in [1.165, 1.54) is 17.0 Å². The molecule has 0 bridgehead atoms. The number of aryl methyl sites for hydroxylation is 2. The Morgan fingerprint density at radius 1 is 0.974 bits per heavy atom. The maximum atomic E-state index is 14.0. The Hall–Kier alpha value is -3.36. The van der Waals surface area contributed by atoms with Crippen LogP contribution in [-0.4, -0.2) is 44.3 Å². The van der Waals surface area contributed by atoms with E-state index in [1.807, 2.05) is 32.9 Å². The number of sulfonamides is 1. The molecule has 0 saturated heterocycles. The minimum absolute atomic E-state index is 0.0771. The number of benzene rings is 3. The van der Waals surface area contributed by atoms with Gasteiger partial charge in [-0.1, -0.05) is 67.4 Å². The molecule has 1 atom stereocenters. The zero-order chi connectivity index (χ0) is 28.6. The van der Waals surface area contributed by atoms with E-state index < -0.39 is 28.5 Å². The third-order valence-electron chi connectivity index (χ3n) is 6.51. The summed E-state index contributed by atoms with van der Waals surface area (Å²) < 4.78 is 28.9. The van der Waals surface area contributed by atoms with Gasteiger partial charge in [-0.2, -0.15) is 0 Å². The Balaban J connectivity index is 2.02. The molecule has 0 heterocycles. The molecule has 3 aromatic rings. The van der Waals surface area contributed by atoms with Crippen molar-refractivity contribution < 1.29 is 18.0 Å². The van der Waals surface area contributed by atoms with E-state index in [0.717, 1.165) is 28.3 Å². The third kappa shape index (κ3) is 7.83. The Morgan fingerprint density at radius 2 is 1.64 bits per heavy atom. The monoisotopic (exact) mass is 569 g/mol. The van der Waals surface area contributed by atoms with Crippen molar-refractivity contribution in [2.45, 2.75) is 58.0 Å². The first-order chi connectivity index (χ1) is 18.5. The zero-order valence-corrected chi connectivity index (χ0v) is 24.4. The summed E-state index contributed by atoms with van der Waals surface area (Å²) in [7, 11) is -4.10. The number of rotatable bonds is 12.